The monoisotopic (exact) mass is 346 g/mol. The molecule has 0 unspecified atom stereocenters. The molecule has 26 heavy (non-hydrogen) atoms. The minimum atomic E-state index is -0.211. The maximum Gasteiger partial charge on any atom is 0.324 e. The van der Waals surface area contributed by atoms with E-state index in [1.807, 2.05) is 43.9 Å². The van der Waals surface area contributed by atoms with Gasteiger partial charge in [0.25, 0.3) is 0 Å². The van der Waals surface area contributed by atoms with Crippen molar-refractivity contribution in [2.45, 2.75) is 38.5 Å². The Morgan fingerprint density at radius 1 is 0.538 bits per heavy atom. The highest BCUT2D eigenvalue weighted by Crippen LogP contribution is 2.42. The molecule has 4 aliphatic heterocycles. The lowest BCUT2D eigenvalue weighted by Crippen LogP contribution is -2.43. The summed E-state index contributed by atoms with van der Waals surface area (Å²) in [5.74, 6) is 0. The van der Waals surface area contributed by atoms with Gasteiger partial charge in [0.1, 0.15) is 0 Å². The van der Waals surface area contributed by atoms with Crippen molar-refractivity contribution in [1.29, 1.82) is 0 Å². The highest BCUT2D eigenvalue weighted by molar-refractivity contribution is 5.86. The number of nitrogens with zero attached hydrogens (tertiary/aromatic N) is 4. The predicted molar refractivity (Wildman–Crippen MR) is 93.4 cm³/mol. The molecule has 0 aromatic heterocycles. The fourth-order valence-corrected chi connectivity index (χ4v) is 4.87. The largest absolute Gasteiger partial charge is 0.324 e. The van der Waals surface area contributed by atoms with E-state index in [4.69, 9.17) is 0 Å². The van der Waals surface area contributed by atoms with Crippen LogP contribution in [0.4, 0.5) is 9.59 Å². The molecule has 2 fully saturated rings. The molecule has 2 aromatic rings. The maximum atomic E-state index is 13.3. The Labute approximate surface area is 151 Å². The lowest BCUT2D eigenvalue weighted by Gasteiger charge is -2.26. The minimum Gasteiger partial charge on any atom is -0.296 e. The van der Waals surface area contributed by atoms with Crippen LogP contribution in [0.5, 0.6) is 0 Å². The summed E-state index contributed by atoms with van der Waals surface area (Å²) in [5, 5.41) is 0. The number of carbonyl (C=O) groups excluding carboxylic acids is 2. The first-order valence-electron chi connectivity index (χ1n) is 9.00. The third-order valence-electron chi connectivity index (χ3n) is 6.13. The first kappa shape index (κ1) is 14.2. The summed E-state index contributed by atoms with van der Waals surface area (Å²) >= 11 is 0. The molecular weight excluding hydrogens is 328 g/mol. The molecule has 6 rings (SSSR count). The topological polar surface area (TPSA) is 47.1 Å². The van der Waals surface area contributed by atoms with E-state index in [0.717, 1.165) is 22.3 Å². The lowest BCUT2D eigenvalue weighted by atomic mass is 10.1. The molecule has 130 valence electrons. The second-order valence-electron chi connectivity index (χ2n) is 7.44. The van der Waals surface area contributed by atoms with E-state index in [9.17, 15) is 9.59 Å². The number of carbonyl (C=O) groups is 2. The Bertz CT molecular complexity index is 811. The molecule has 6 nitrogen and oxygen atoms in total. The van der Waals surface area contributed by atoms with E-state index in [-0.39, 0.29) is 24.4 Å². The molecule has 0 radical (unpaired) electrons. The number of urea groups is 2. The quantitative estimate of drug-likeness (QED) is 0.736. The van der Waals surface area contributed by atoms with Crippen LogP contribution in [0.2, 0.25) is 0 Å². The van der Waals surface area contributed by atoms with Gasteiger partial charge in [-0.05, 0) is 22.3 Å². The van der Waals surface area contributed by atoms with Gasteiger partial charge in [-0.25, -0.2) is 9.59 Å². The van der Waals surface area contributed by atoms with Gasteiger partial charge in [-0.3, -0.25) is 19.6 Å². The molecule has 2 aromatic carbocycles. The fourth-order valence-electron chi connectivity index (χ4n) is 4.87. The summed E-state index contributed by atoms with van der Waals surface area (Å²) in [5.41, 5.74) is 4.53. The van der Waals surface area contributed by atoms with E-state index in [1.165, 1.54) is 0 Å². The average molecular weight is 346 g/mol. The third-order valence-corrected chi connectivity index (χ3v) is 6.13. The van der Waals surface area contributed by atoms with Gasteiger partial charge in [0.05, 0.1) is 0 Å². The minimum absolute atomic E-state index is 0.0240. The fraction of sp³-hybridized carbons (Fsp3) is 0.300. The molecule has 0 saturated carbocycles. The van der Waals surface area contributed by atoms with Gasteiger partial charge < -0.3 is 0 Å². The lowest BCUT2D eigenvalue weighted by molar-refractivity contribution is 0.124. The Morgan fingerprint density at radius 2 is 0.808 bits per heavy atom. The Kier molecular flexibility index (Phi) is 2.61. The Hall–Kier alpha value is -3.02. The molecule has 0 atom stereocenters. The van der Waals surface area contributed by atoms with Crippen molar-refractivity contribution in [3.8, 4) is 0 Å². The summed E-state index contributed by atoms with van der Waals surface area (Å²) in [6, 6.07) is 16.3. The zero-order chi connectivity index (χ0) is 17.4. The third kappa shape index (κ3) is 1.66. The zero-order valence-corrected chi connectivity index (χ0v) is 14.2. The van der Waals surface area contributed by atoms with Crippen molar-refractivity contribution in [2.24, 2.45) is 0 Å². The van der Waals surface area contributed by atoms with Crippen molar-refractivity contribution in [1.82, 2.24) is 19.6 Å². The number of rotatable bonds is 0. The second kappa shape index (κ2) is 4.78. The number of fused-ring (bicyclic) bond motifs is 2. The van der Waals surface area contributed by atoms with Crippen molar-refractivity contribution in [3.05, 3.63) is 70.8 Å². The van der Waals surface area contributed by atoms with Crippen LogP contribution >= 0.6 is 0 Å². The van der Waals surface area contributed by atoms with Crippen LogP contribution in [0.15, 0.2) is 48.5 Å². The molecule has 4 heterocycles. The highest BCUT2D eigenvalue weighted by Gasteiger charge is 2.60. The van der Waals surface area contributed by atoms with E-state index in [1.54, 1.807) is 0 Å². The molecule has 0 aliphatic carbocycles. The van der Waals surface area contributed by atoms with Gasteiger partial charge in [-0.15, -0.1) is 0 Å². The predicted octanol–water partition coefficient (Wildman–Crippen LogP) is 2.54. The molecule has 4 amide bonds. The van der Waals surface area contributed by atoms with E-state index >= 15 is 0 Å². The number of amides is 4. The Morgan fingerprint density at radius 3 is 1.08 bits per heavy atom. The van der Waals surface area contributed by atoms with Crippen LogP contribution in [0.1, 0.15) is 22.3 Å². The smallest absolute Gasteiger partial charge is 0.296 e. The van der Waals surface area contributed by atoms with Crippen molar-refractivity contribution < 1.29 is 9.59 Å². The normalized spacial score (nSPS) is 25.7. The van der Waals surface area contributed by atoms with E-state index < -0.39 is 0 Å². The van der Waals surface area contributed by atoms with Gasteiger partial charge in [-0.2, -0.15) is 0 Å². The van der Waals surface area contributed by atoms with Crippen molar-refractivity contribution >= 4 is 12.1 Å². The summed E-state index contributed by atoms with van der Waals surface area (Å²) in [6.45, 7) is 2.25. The van der Waals surface area contributed by atoms with Crippen LogP contribution in [0, 0.1) is 0 Å². The number of hydrogen-bond acceptors (Lipinski definition) is 2. The zero-order valence-electron chi connectivity index (χ0n) is 14.2. The number of hydrogen-bond donors (Lipinski definition) is 0. The summed E-state index contributed by atoms with van der Waals surface area (Å²) < 4.78 is 0. The van der Waals surface area contributed by atoms with Crippen LogP contribution in [0.25, 0.3) is 0 Å². The Balaban J connectivity index is 1.51. The molecular formula is C20H18N4O2. The second-order valence-corrected chi connectivity index (χ2v) is 7.44. The molecule has 0 bridgehead atoms. The molecule has 0 N–H and O–H groups in total. The molecule has 4 aliphatic rings. The first-order valence-corrected chi connectivity index (χ1v) is 9.00. The van der Waals surface area contributed by atoms with Gasteiger partial charge in [0, 0.05) is 26.2 Å². The van der Waals surface area contributed by atoms with Gasteiger partial charge >= 0.3 is 12.1 Å². The molecule has 0 spiro atoms. The van der Waals surface area contributed by atoms with Crippen LogP contribution < -0.4 is 0 Å². The van der Waals surface area contributed by atoms with Crippen LogP contribution in [0.3, 0.4) is 0 Å². The maximum absolute atomic E-state index is 13.3. The molecule has 2 saturated heterocycles. The van der Waals surface area contributed by atoms with Gasteiger partial charge in [-0.1, -0.05) is 48.5 Å². The van der Waals surface area contributed by atoms with Crippen molar-refractivity contribution in [3.63, 3.8) is 0 Å². The van der Waals surface area contributed by atoms with E-state index in [0.29, 0.717) is 26.2 Å². The number of benzene rings is 2. The average Bonchev–Trinajstić information content (AvgIpc) is 2.91. The highest BCUT2D eigenvalue weighted by atomic mass is 16.2. The van der Waals surface area contributed by atoms with Crippen LogP contribution in [-0.2, 0) is 26.2 Å². The summed E-state index contributed by atoms with van der Waals surface area (Å²) in [6.07, 6.45) is -0.423. The van der Waals surface area contributed by atoms with E-state index in [2.05, 4.69) is 24.3 Å². The van der Waals surface area contributed by atoms with Crippen LogP contribution in [-0.4, -0.2) is 44.0 Å². The SMILES string of the molecule is O=C1N2Cc3ccccc3CN3C(=O)N4Cc5ccccc5CN1C4C23. The van der Waals surface area contributed by atoms with Crippen molar-refractivity contribution in [2.75, 3.05) is 0 Å². The molecule has 6 heteroatoms. The first-order chi connectivity index (χ1) is 12.7. The van der Waals surface area contributed by atoms with Gasteiger partial charge in [0.2, 0.25) is 0 Å². The summed E-state index contributed by atoms with van der Waals surface area (Å²) in [7, 11) is 0. The summed E-state index contributed by atoms with van der Waals surface area (Å²) in [4.78, 5) is 34.0. The van der Waals surface area contributed by atoms with Gasteiger partial charge in [0.15, 0.2) is 12.3 Å². The standard InChI is InChI=1S/C20H18N4O2/c25-19-21-9-13-5-1-2-6-14(13)10-22-17(21)18-23(19)11-15-7-3-4-8-16(15)12-24(18)20(22)26/h1-8,17-18H,9-12H2.